The molecule has 3 rings (SSSR count). The predicted octanol–water partition coefficient (Wildman–Crippen LogP) is 2.68. The first-order valence-electron chi connectivity index (χ1n) is 9.65. The Morgan fingerprint density at radius 2 is 1.72 bits per heavy atom. The van der Waals surface area contributed by atoms with Gasteiger partial charge in [0.1, 0.15) is 10.7 Å². The van der Waals surface area contributed by atoms with Crippen molar-refractivity contribution in [1.82, 2.24) is 19.0 Å². The van der Waals surface area contributed by atoms with E-state index in [4.69, 9.17) is 0 Å². The summed E-state index contributed by atoms with van der Waals surface area (Å²) in [6.45, 7) is 9.89. The zero-order chi connectivity index (χ0) is 21.5. The third-order valence-corrected chi connectivity index (χ3v) is 7.44. The van der Waals surface area contributed by atoms with Crippen LogP contribution in [0.1, 0.15) is 47.2 Å². The van der Waals surface area contributed by atoms with Crippen molar-refractivity contribution in [2.45, 2.75) is 45.6 Å². The summed E-state index contributed by atoms with van der Waals surface area (Å²) in [5.41, 5.74) is 1.84. The summed E-state index contributed by atoms with van der Waals surface area (Å²) < 4.78 is 43.3. The minimum atomic E-state index is -3.71. The SMILES string of the molecule is Cc1ccc(C(=O)N2CCN(S(=O)(=O)c3c(C)nn(C(C)C)c3C)CC2)cc1F. The summed E-state index contributed by atoms with van der Waals surface area (Å²) in [5, 5.41) is 4.38. The second-order valence-corrected chi connectivity index (χ2v) is 9.57. The van der Waals surface area contributed by atoms with Crippen molar-refractivity contribution in [3.8, 4) is 0 Å². The number of amides is 1. The van der Waals surface area contributed by atoms with Crippen LogP contribution in [0, 0.1) is 26.6 Å². The molecule has 29 heavy (non-hydrogen) atoms. The van der Waals surface area contributed by atoms with Crippen LogP contribution in [0.4, 0.5) is 4.39 Å². The van der Waals surface area contributed by atoms with Crippen molar-refractivity contribution in [3.63, 3.8) is 0 Å². The monoisotopic (exact) mass is 422 g/mol. The molecule has 1 amide bonds. The molecule has 1 aromatic carbocycles. The molecule has 158 valence electrons. The first kappa shape index (κ1) is 21.4. The van der Waals surface area contributed by atoms with Crippen molar-refractivity contribution < 1.29 is 17.6 Å². The van der Waals surface area contributed by atoms with Gasteiger partial charge < -0.3 is 4.90 Å². The number of hydrogen-bond acceptors (Lipinski definition) is 4. The molecule has 0 aliphatic carbocycles. The predicted molar refractivity (Wildman–Crippen MR) is 108 cm³/mol. The lowest BCUT2D eigenvalue weighted by atomic mass is 10.1. The molecule has 2 aromatic rings. The minimum Gasteiger partial charge on any atom is -0.336 e. The van der Waals surface area contributed by atoms with E-state index >= 15 is 0 Å². The Bertz CT molecular complexity index is 1040. The van der Waals surface area contributed by atoms with Gasteiger partial charge in [-0.3, -0.25) is 9.48 Å². The third-order valence-electron chi connectivity index (χ3n) is 5.29. The average Bonchev–Trinajstić information content (AvgIpc) is 2.98. The van der Waals surface area contributed by atoms with Gasteiger partial charge in [-0.2, -0.15) is 9.40 Å². The molecule has 7 nitrogen and oxygen atoms in total. The highest BCUT2D eigenvalue weighted by Gasteiger charge is 2.34. The number of rotatable bonds is 4. The van der Waals surface area contributed by atoms with Crippen molar-refractivity contribution in [1.29, 1.82) is 0 Å². The molecule has 1 saturated heterocycles. The summed E-state index contributed by atoms with van der Waals surface area (Å²) in [7, 11) is -3.71. The second-order valence-electron chi connectivity index (χ2n) is 7.70. The van der Waals surface area contributed by atoms with Gasteiger partial charge >= 0.3 is 0 Å². The summed E-state index contributed by atoms with van der Waals surface area (Å²) >= 11 is 0. The highest BCUT2D eigenvalue weighted by atomic mass is 32.2. The quantitative estimate of drug-likeness (QED) is 0.759. The average molecular weight is 423 g/mol. The van der Waals surface area contributed by atoms with Crippen LogP contribution in [0.3, 0.4) is 0 Å². The van der Waals surface area contributed by atoms with Crippen LogP contribution in [0.5, 0.6) is 0 Å². The molecule has 9 heteroatoms. The second kappa shape index (κ2) is 7.87. The molecule has 1 aliphatic heterocycles. The number of aromatic nitrogens is 2. The summed E-state index contributed by atoms with van der Waals surface area (Å²) in [4.78, 5) is 14.5. The minimum absolute atomic E-state index is 0.0574. The van der Waals surface area contributed by atoms with E-state index in [-0.39, 0.29) is 48.6 Å². The van der Waals surface area contributed by atoms with Crippen LogP contribution in [0.2, 0.25) is 0 Å². The first-order valence-corrected chi connectivity index (χ1v) is 11.1. The fourth-order valence-electron chi connectivity index (χ4n) is 3.69. The van der Waals surface area contributed by atoms with Crippen LogP contribution in [0.25, 0.3) is 0 Å². The molecule has 0 radical (unpaired) electrons. The highest BCUT2D eigenvalue weighted by Crippen LogP contribution is 2.26. The number of hydrogen-bond donors (Lipinski definition) is 0. The molecule has 1 fully saturated rings. The van der Waals surface area contributed by atoms with Crippen molar-refractivity contribution in [2.24, 2.45) is 0 Å². The van der Waals surface area contributed by atoms with Gasteiger partial charge in [0.05, 0.1) is 11.4 Å². The van der Waals surface area contributed by atoms with E-state index in [0.29, 0.717) is 17.0 Å². The summed E-state index contributed by atoms with van der Waals surface area (Å²) in [5.74, 6) is -0.717. The molecule has 0 spiro atoms. The Labute approximate surface area is 171 Å². The molecule has 0 unspecified atom stereocenters. The van der Waals surface area contributed by atoms with Gasteiger partial charge in [-0.25, -0.2) is 12.8 Å². The van der Waals surface area contributed by atoms with E-state index in [1.54, 1.807) is 42.5 Å². The highest BCUT2D eigenvalue weighted by molar-refractivity contribution is 7.89. The molecule has 1 aromatic heterocycles. The Hall–Kier alpha value is -2.26. The van der Waals surface area contributed by atoms with E-state index in [1.165, 1.54) is 10.4 Å². The van der Waals surface area contributed by atoms with Gasteiger partial charge in [0.15, 0.2) is 0 Å². The van der Waals surface area contributed by atoms with Crippen LogP contribution in [0.15, 0.2) is 23.1 Å². The Balaban J connectivity index is 1.76. The number of aryl methyl sites for hydroxylation is 2. The van der Waals surface area contributed by atoms with Crippen LogP contribution < -0.4 is 0 Å². The van der Waals surface area contributed by atoms with Crippen LogP contribution in [-0.2, 0) is 10.0 Å². The summed E-state index contributed by atoms with van der Waals surface area (Å²) in [6, 6.07) is 4.45. The fraction of sp³-hybridized carbons (Fsp3) is 0.500. The lowest BCUT2D eigenvalue weighted by Crippen LogP contribution is -2.50. The molecular weight excluding hydrogens is 395 g/mol. The van der Waals surface area contributed by atoms with E-state index < -0.39 is 15.8 Å². The topological polar surface area (TPSA) is 75.5 Å². The maximum absolute atomic E-state index is 13.8. The van der Waals surface area contributed by atoms with E-state index in [0.717, 1.165) is 0 Å². The van der Waals surface area contributed by atoms with Crippen molar-refractivity contribution in [2.75, 3.05) is 26.2 Å². The van der Waals surface area contributed by atoms with E-state index in [2.05, 4.69) is 5.10 Å². The maximum Gasteiger partial charge on any atom is 0.254 e. The lowest BCUT2D eigenvalue weighted by molar-refractivity contribution is 0.0697. The lowest BCUT2D eigenvalue weighted by Gasteiger charge is -2.34. The van der Waals surface area contributed by atoms with Gasteiger partial charge in [0.25, 0.3) is 5.91 Å². The number of carbonyl (C=O) groups excluding carboxylic acids is 1. The van der Waals surface area contributed by atoms with Gasteiger partial charge in [0.2, 0.25) is 10.0 Å². The molecule has 0 atom stereocenters. The van der Waals surface area contributed by atoms with Gasteiger partial charge in [-0.1, -0.05) is 6.07 Å². The Morgan fingerprint density at radius 3 is 2.24 bits per heavy atom. The number of nitrogens with zero attached hydrogens (tertiary/aromatic N) is 4. The first-order chi connectivity index (χ1) is 13.5. The van der Waals surface area contributed by atoms with E-state index in [1.807, 2.05) is 13.8 Å². The summed E-state index contributed by atoms with van der Waals surface area (Å²) in [6.07, 6.45) is 0. The largest absolute Gasteiger partial charge is 0.336 e. The van der Waals surface area contributed by atoms with Crippen molar-refractivity contribution in [3.05, 3.63) is 46.5 Å². The number of benzene rings is 1. The standard InChI is InChI=1S/C20H27FN4O3S/c1-13(2)25-16(5)19(15(4)22-25)29(27,28)24-10-8-23(9-11-24)20(26)17-7-6-14(3)18(21)12-17/h6-7,12-13H,8-11H2,1-5H3. The van der Waals surface area contributed by atoms with Crippen LogP contribution >= 0.6 is 0 Å². The van der Waals surface area contributed by atoms with Gasteiger partial charge in [-0.15, -0.1) is 0 Å². The number of sulfonamides is 1. The zero-order valence-corrected chi connectivity index (χ0v) is 18.3. The maximum atomic E-state index is 13.8. The zero-order valence-electron chi connectivity index (χ0n) is 17.4. The van der Waals surface area contributed by atoms with E-state index in [9.17, 15) is 17.6 Å². The number of piperazine rings is 1. The number of halogens is 1. The molecule has 0 saturated carbocycles. The Morgan fingerprint density at radius 1 is 1.10 bits per heavy atom. The molecule has 1 aliphatic rings. The fourth-order valence-corrected chi connectivity index (χ4v) is 5.48. The molecule has 0 N–H and O–H groups in total. The van der Waals surface area contributed by atoms with Crippen molar-refractivity contribution >= 4 is 15.9 Å². The Kier molecular flexibility index (Phi) is 5.82. The third kappa shape index (κ3) is 3.93. The van der Waals surface area contributed by atoms with Crippen LogP contribution in [-0.4, -0.2) is 59.5 Å². The molecular formula is C20H27FN4O3S. The van der Waals surface area contributed by atoms with Gasteiger partial charge in [-0.05, 0) is 52.3 Å². The smallest absolute Gasteiger partial charge is 0.254 e. The molecule has 0 bridgehead atoms. The number of carbonyl (C=O) groups is 1. The normalized spacial score (nSPS) is 15.9. The molecule has 2 heterocycles. The van der Waals surface area contributed by atoms with Gasteiger partial charge in [0, 0.05) is 37.8 Å².